The second-order valence-corrected chi connectivity index (χ2v) is 5.83. The maximum Gasteiger partial charge on any atom is 0.293 e. The second kappa shape index (κ2) is 6.19. The molecule has 3 N–H and O–H groups in total. The predicted octanol–water partition coefficient (Wildman–Crippen LogP) is 1.58. The lowest BCUT2D eigenvalue weighted by Crippen LogP contribution is -2.44. The van der Waals surface area contributed by atoms with Crippen LogP contribution in [0.1, 0.15) is 39.5 Å². The molecule has 0 bridgehead atoms. The van der Waals surface area contributed by atoms with Crippen LogP contribution in [0, 0.1) is 5.92 Å². The fraction of sp³-hybridized carbons (Fsp3) is 0.714. The Morgan fingerprint density at radius 1 is 1.47 bits per heavy atom. The van der Waals surface area contributed by atoms with Gasteiger partial charge in [0.25, 0.3) is 5.56 Å². The Balaban J connectivity index is 2.14. The van der Waals surface area contributed by atoms with Crippen LogP contribution in [0.15, 0.2) is 17.2 Å². The summed E-state index contributed by atoms with van der Waals surface area (Å²) in [4.78, 5) is 16.5. The molecule has 2 unspecified atom stereocenters. The Kier molecular flexibility index (Phi) is 4.58. The van der Waals surface area contributed by atoms with Crippen LogP contribution in [0.3, 0.4) is 0 Å². The molecule has 19 heavy (non-hydrogen) atoms. The fourth-order valence-corrected chi connectivity index (χ4v) is 2.60. The van der Waals surface area contributed by atoms with Crippen LogP contribution in [-0.2, 0) is 6.54 Å². The molecular weight excluding hydrogens is 240 g/mol. The molecule has 5 nitrogen and oxygen atoms in total. The summed E-state index contributed by atoms with van der Waals surface area (Å²) in [5.74, 6) is 0.871. The van der Waals surface area contributed by atoms with Gasteiger partial charge < -0.3 is 15.6 Å². The van der Waals surface area contributed by atoms with Crippen molar-refractivity contribution < 1.29 is 0 Å². The van der Waals surface area contributed by atoms with E-state index in [1.54, 1.807) is 17.0 Å². The lowest BCUT2D eigenvalue weighted by Gasteiger charge is -2.29. The standard InChI is InChI=1S/C14H24N4O/c1-10(2)9-18-8-7-16-13(14(18)19)17-12-6-4-3-5-11(12)15/h7-8,10-12H,3-6,9,15H2,1-2H3,(H,16,17). The molecule has 0 aliphatic heterocycles. The smallest absolute Gasteiger partial charge is 0.293 e. The van der Waals surface area contributed by atoms with Crippen molar-refractivity contribution in [2.45, 2.75) is 58.2 Å². The summed E-state index contributed by atoms with van der Waals surface area (Å²) in [7, 11) is 0. The van der Waals surface area contributed by atoms with Gasteiger partial charge in [0.15, 0.2) is 5.82 Å². The van der Waals surface area contributed by atoms with Crippen molar-refractivity contribution in [1.82, 2.24) is 9.55 Å². The quantitative estimate of drug-likeness (QED) is 0.866. The van der Waals surface area contributed by atoms with Gasteiger partial charge in [-0.25, -0.2) is 4.98 Å². The minimum Gasteiger partial charge on any atom is -0.361 e. The van der Waals surface area contributed by atoms with Crippen LogP contribution in [0.2, 0.25) is 0 Å². The third-order valence-corrected chi connectivity index (χ3v) is 3.62. The molecule has 2 rings (SSSR count). The summed E-state index contributed by atoms with van der Waals surface area (Å²) >= 11 is 0. The van der Waals surface area contributed by atoms with Crippen molar-refractivity contribution in [2.24, 2.45) is 11.7 Å². The van der Waals surface area contributed by atoms with Crippen LogP contribution in [-0.4, -0.2) is 21.6 Å². The number of aromatic nitrogens is 2. The van der Waals surface area contributed by atoms with Gasteiger partial charge in [-0.05, 0) is 18.8 Å². The van der Waals surface area contributed by atoms with Crippen LogP contribution in [0.25, 0.3) is 0 Å². The molecule has 0 saturated heterocycles. The Hall–Kier alpha value is -1.36. The van der Waals surface area contributed by atoms with Crippen molar-refractivity contribution in [3.05, 3.63) is 22.7 Å². The van der Waals surface area contributed by atoms with Crippen molar-refractivity contribution in [3.8, 4) is 0 Å². The van der Waals surface area contributed by atoms with Crippen LogP contribution >= 0.6 is 0 Å². The molecule has 106 valence electrons. The van der Waals surface area contributed by atoms with E-state index in [0.717, 1.165) is 12.8 Å². The highest BCUT2D eigenvalue weighted by Crippen LogP contribution is 2.19. The molecule has 5 heteroatoms. The maximum atomic E-state index is 12.3. The van der Waals surface area contributed by atoms with Gasteiger partial charge in [-0.2, -0.15) is 0 Å². The zero-order valence-corrected chi connectivity index (χ0v) is 11.8. The molecule has 1 saturated carbocycles. The average molecular weight is 264 g/mol. The SMILES string of the molecule is CC(C)Cn1ccnc(NC2CCCCC2N)c1=O. The lowest BCUT2D eigenvalue weighted by atomic mass is 9.91. The highest BCUT2D eigenvalue weighted by atomic mass is 16.1. The summed E-state index contributed by atoms with van der Waals surface area (Å²) in [5.41, 5.74) is 6.05. The normalized spacial score (nSPS) is 23.6. The van der Waals surface area contributed by atoms with E-state index in [0.29, 0.717) is 18.3 Å². The molecule has 1 aromatic rings. The molecule has 1 fully saturated rings. The number of rotatable bonds is 4. The third kappa shape index (κ3) is 3.56. The molecule has 1 aliphatic carbocycles. The minimum atomic E-state index is -0.0472. The molecule has 0 aromatic carbocycles. The third-order valence-electron chi connectivity index (χ3n) is 3.62. The van der Waals surface area contributed by atoms with E-state index in [1.165, 1.54) is 12.8 Å². The highest BCUT2D eigenvalue weighted by Gasteiger charge is 2.22. The molecule has 1 aliphatic rings. The summed E-state index contributed by atoms with van der Waals surface area (Å²) in [6, 6.07) is 0.289. The van der Waals surface area contributed by atoms with Crippen LogP contribution in [0.5, 0.6) is 0 Å². The zero-order chi connectivity index (χ0) is 13.8. The molecule has 2 atom stereocenters. The Labute approximate surface area is 114 Å². The molecule has 1 heterocycles. The molecule has 1 aromatic heterocycles. The highest BCUT2D eigenvalue weighted by molar-refractivity contribution is 5.33. The van der Waals surface area contributed by atoms with E-state index in [9.17, 15) is 4.79 Å². The first-order valence-corrected chi connectivity index (χ1v) is 7.15. The Bertz CT molecular complexity index is 469. The van der Waals surface area contributed by atoms with Gasteiger partial charge in [-0.1, -0.05) is 26.7 Å². The second-order valence-electron chi connectivity index (χ2n) is 5.83. The predicted molar refractivity (Wildman–Crippen MR) is 77.2 cm³/mol. The topological polar surface area (TPSA) is 72.9 Å². The monoisotopic (exact) mass is 264 g/mol. The summed E-state index contributed by atoms with van der Waals surface area (Å²) < 4.78 is 1.72. The van der Waals surface area contributed by atoms with E-state index >= 15 is 0 Å². The largest absolute Gasteiger partial charge is 0.361 e. The summed E-state index contributed by atoms with van der Waals surface area (Å²) in [5, 5.41) is 3.24. The molecule has 0 radical (unpaired) electrons. The molecule has 0 spiro atoms. The fourth-order valence-electron chi connectivity index (χ4n) is 2.60. The first kappa shape index (κ1) is 14.1. The van der Waals surface area contributed by atoms with Gasteiger partial charge in [0.05, 0.1) is 0 Å². The van der Waals surface area contributed by atoms with Crippen LogP contribution < -0.4 is 16.6 Å². The maximum absolute atomic E-state index is 12.3. The van der Waals surface area contributed by atoms with E-state index in [4.69, 9.17) is 5.73 Å². The van der Waals surface area contributed by atoms with Crippen molar-refractivity contribution in [2.75, 3.05) is 5.32 Å². The number of nitrogens with zero attached hydrogens (tertiary/aromatic N) is 2. The number of hydrogen-bond acceptors (Lipinski definition) is 4. The number of hydrogen-bond donors (Lipinski definition) is 2. The van der Waals surface area contributed by atoms with Gasteiger partial charge in [-0.3, -0.25) is 4.79 Å². The first-order chi connectivity index (χ1) is 9.08. The first-order valence-electron chi connectivity index (χ1n) is 7.15. The molecule has 0 amide bonds. The van der Waals surface area contributed by atoms with Crippen LogP contribution in [0.4, 0.5) is 5.82 Å². The van der Waals surface area contributed by atoms with Gasteiger partial charge in [0.2, 0.25) is 0 Å². The number of anilines is 1. The van der Waals surface area contributed by atoms with Crippen molar-refractivity contribution in [3.63, 3.8) is 0 Å². The number of nitrogens with two attached hydrogens (primary N) is 1. The van der Waals surface area contributed by atoms with Gasteiger partial charge in [0.1, 0.15) is 0 Å². The van der Waals surface area contributed by atoms with Gasteiger partial charge >= 0.3 is 0 Å². The van der Waals surface area contributed by atoms with E-state index in [2.05, 4.69) is 24.1 Å². The lowest BCUT2D eigenvalue weighted by molar-refractivity contribution is 0.402. The van der Waals surface area contributed by atoms with Gasteiger partial charge in [0, 0.05) is 31.0 Å². The Morgan fingerprint density at radius 3 is 2.89 bits per heavy atom. The minimum absolute atomic E-state index is 0.0472. The Morgan fingerprint density at radius 2 is 2.21 bits per heavy atom. The van der Waals surface area contributed by atoms with Crippen molar-refractivity contribution in [1.29, 1.82) is 0 Å². The van der Waals surface area contributed by atoms with E-state index < -0.39 is 0 Å². The zero-order valence-electron chi connectivity index (χ0n) is 11.8. The van der Waals surface area contributed by atoms with E-state index in [1.807, 2.05) is 0 Å². The van der Waals surface area contributed by atoms with E-state index in [-0.39, 0.29) is 17.6 Å². The molecular formula is C14H24N4O. The average Bonchev–Trinajstić information content (AvgIpc) is 2.36. The van der Waals surface area contributed by atoms with Crippen molar-refractivity contribution >= 4 is 5.82 Å². The number of nitrogens with one attached hydrogen (secondary N) is 1. The van der Waals surface area contributed by atoms with Gasteiger partial charge in [-0.15, -0.1) is 0 Å². The summed E-state index contributed by atoms with van der Waals surface area (Å²) in [6.45, 7) is 4.90. The summed E-state index contributed by atoms with van der Waals surface area (Å²) in [6.07, 6.45) is 7.80.